The van der Waals surface area contributed by atoms with E-state index in [0.717, 1.165) is 11.1 Å². The monoisotopic (exact) mass is 430 g/mol. The van der Waals surface area contributed by atoms with Crippen molar-refractivity contribution in [1.82, 2.24) is 10.3 Å². The van der Waals surface area contributed by atoms with Crippen molar-refractivity contribution in [2.24, 2.45) is 0 Å². The summed E-state index contributed by atoms with van der Waals surface area (Å²) >= 11 is 0. The minimum Gasteiger partial charge on any atom is -0.309 e. The van der Waals surface area contributed by atoms with E-state index in [1.807, 2.05) is 18.2 Å². The van der Waals surface area contributed by atoms with Crippen molar-refractivity contribution in [2.75, 3.05) is 5.75 Å². The van der Waals surface area contributed by atoms with Crippen molar-refractivity contribution in [2.45, 2.75) is 28.1 Å². The van der Waals surface area contributed by atoms with Gasteiger partial charge in [0, 0.05) is 25.5 Å². The lowest BCUT2D eigenvalue weighted by Gasteiger charge is -2.27. The number of benzene rings is 2. The molecular weight excluding hydrogens is 408 g/mol. The second-order valence-electron chi connectivity index (χ2n) is 6.97. The van der Waals surface area contributed by atoms with E-state index in [4.69, 9.17) is 0 Å². The van der Waals surface area contributed by atoms with Crippen LogP contribution in [0.4, 0.5) is 0 Å². The summed E-state index contributed by atoms with van der Waals surface area (Å²) < 4.78 is 47.8. The van der Waals surface area contributed by atoms with Crippen LogP contribution in [0.5, 0.6) is 0 Å². The molecule has 3 aromatic rings. The first-order valence-corrected chi connectivity index (χ1v) is 12.4. The molecule has 1 unspecified atom stereocenters. The second-order valence-corrected chi connectivity index (χ2v) is 11.2. The van der Waals surface area contributed by atoms with Gasteiger partial charge in [-0.05, 0) is 41.0 Å². The van der Waals surface area contributed by atoms with E-state index < -0.39 is 25.7 Å². The number of pyridine rings is 1. The third-order valence-corrected chi connectivity index (χ3v) is 9.18. The minimum atomic E-state index is -3.76. The van der Waals surface area contributed by atoms with E-state index >= 15 is 0 Å². The Bertz CT molecular complexity index is 1100. The highest BCUT2D eigenvalue weighted by atomic mass is 32.3. The lowest BCUT2D eigenvalue weighted by Crippen LogP contribution is -2.19. The van der Waals surface area contributed by atoms with Crippen LogP contribution < -0.4 is 5.32 Å². The van der Waals surface area contributed by atoms with Crippen LogP contribution >= 0.6 is 10.6 Å². The fourth-order valence-corrected chi connectivity index (χ4v) is 8.15. The van der Waals surface area contributed by atoms with Crippen LogP contribution in [0.2, 0.25) is 0 Å². The quantitative estimate of drug-likeness (QED) is 0.546. The van der Waals surface area contributed by atoms with Crippen LogP contribution in [0.15, 0.2) is 82.8 Å². The molecule has 8 heteroatoms. The summed E-state index contributed by atoms with van der Waals surface area (Å²) in [5, 5.41) is 2.31. The first kappa shape index (κ1) is 20.1. The van der Waals surface area contributed by atoms with Crippen LogP contribution in [0.3, 0.4) is 0 Å². The molecule has 6 nitrogen and oxygen atoms in total. The Morgan fingerprint density at radius 3 is 2.52 bits per heavy atom. The molecule has 1 atom stereocenters. The Labute approximate surface area is 171 Å². The van der Waals surface area contributed by atoms with Gasteiger partial charge < -0.3 is 5.32 Å². The summed E-state index contributed by atoms with van der Waals surface area (Å²) in [6.07, 6.45) is 3.47. The number of hydrogen-bond donors (Lipinski definition) is 3. The maximum absolute atomic E-state index is 13.3. The lowest BCUT2D eigenvalue weighted by atomic mass is 10.0. The van der Waals surface area contributed by atoms with Gasteiger partial charge in [-0.15, -0.1) is 0 Å². The SMILES string of the molecule is O=S(=O)(c1ccccc1)C1CS(O)(O)c2cccc(CNCc3cccnc3)c21. The number of nitrogens with zero attached hydrogens (tertiary/aromatic N) is 1. The van der Waals surface area contributed by atoms with Gasteiger partial charge in [0.1, 0.15) is 5.25 Å². The van der Waals surface area contributed by atoms with Crippen LogP contribution in [0, 0.1) is 0 Å². The molecule has 1 aliphatic rings. The predicted octanol–water partition coefficient (Wildman–Crippen LogP) is 4.01. The van der Waals surface area contributed by atoms with Crippen LogP contribution in [-0.2, 0) is 22.9 Å². The smallest absolute Gasteiger partial charge is 0.187 e. The third-order valence-electron chi connectivity index (χ3n) is 5.03. The van der Waals surface area contributed by atoms with Crippen LogP contribution in [0.25, 0.3) is 0 Å². The highest BCUT2D eigenvalue weighted by Gasteiger charge is 2.44. The molecule has 3 N–H and O–H groups in total. The number of nitrogens with one attached hydrogen (secondary N) is 1. The first-order chi connectivity index (χ1) is 13.9. The van der Waals surface area contributed by atoms with Crippen molar-refractivity contribution < 1.29 is 17.5 Å². The average Bonchev–Trinajstić information content (AvgIpc) is 3.02. The zero-order chi connectivity index (χ0) is 20.5. The molecular formula is C21H22N2O4S2. The summed E-state index contributed by atoms with van der Waals surface area (Å²) in [5.41, 5.74) is 2.28. The molecule has 0 saturated heterocycles. The summed E-state index contributed by atoms with van der Waals surface area (Å²) in [7, 11) is -6.92. The van der Waals surface area contributed by atoms with E-state index in [0.29, 0.717) is 23.5 Å². The van der Waals surface area contributed by atoms with E-state index in [2.05, 4.69) is 10.3 Å². The first-order valence-electron chi connectivity index (χ1n) is 9.16. The van der Waals surface area contributed by atoms with Gasteiger partial charge in [-0.25, -0.2) is 8.42 Å². The number of aromatic nitrogens is 1. The van der Waals surface area contributed by atoms with E-state index in [9.17, 15) is 17.5 Å². The summed E-state index contributed by atoms with van der Waals surface area (Å²) in [6, 6.07) is 17.2. The highest BCUT2D eigenvalue weighted by molar-refractivity contribution is 8.25. The zero-order valence-corrected chi connectivity index (χ0v) is 17.2. The summed E-state index contributed by atoms with van der Waals surface area (Å²) in [5.74, 6) is -0.209. The van der Waals surface area contributed by atoms with Crippen molar-refractivity contribution in [3.63, 3.8) is 0 Å². The molecule has 0 radical (unpaired) electrons. The fourth-order valence-electron chi connectivity index (χ4n) is 3.64. The predicted molar refractivity (Wildman–Crippen MR) is 114 cm³/mol. The maximum atomic E-state index is 13.3. The molecule has 0 amide bonds. The Morgan fingerprint density at radius 2 is 1.79 bits per heavy atom. The average molecular weight is 431 g/mol. The van der Waals surface area contributed by atoms with E-state index in [1.165, 1.54) is 0 Å². The Balaban J connectivity index is 1.67. The summed E-state index contributed by atoms with van der Waals surface area (Å²) in [4.78, 5) is 4.61. The molecule has 0 saturated carbocycles. The number of rotatable bonds is 6. The number of sulfone groups is 1. The van der Waals surface area contributed by atoms with Gasteiger partial charge in [0.15, 0.2) is 9.84 Å². The van der Waals surface area contributed by atoms with Gasteiger partial charge in [-0.3, -0.25) is 14.1 Å². The lowest BCUT2D eigenvalue weighted by molar-refractivity contribution is 0.491. The largest absolute Gasteiger partial charge is 0.309 e. The molecule has 0 fully saturated rings. The van der Waals surface area contributed by atoms with Gasteiger partial charge in [0.25, 0.3) is 0 Å². The fraction of sp³-hybridized carbons (Fsp3) is 0.190. The van der Waals surface area contributed by atoms with Gasteiger partial charge >= 0.3 is 0 Å². The normalized spacial score (nSPS) is 18.9. The minimum absolute atomic E-state index is 0.186. The second kappa shape index (κ2) is 7.89. The van der Waals surface area contributed by atoms with Crippen molar-refractivity contribution in [3.05, 3.63) is 89.7 Å². The Kier molecular flexibility index (Phi) is 5.46. The number of hydrogen-bond acceptors (Lipinski definition) is 6. The van der Waals surface area contributed by atoms with Crippen molar-refractivity contribution >= 4 is 20.4 Å². The number of fused-ring (bicyclic) bond motifs is 1. The van der Waals surface area contributed by atoms with Gasteiger partial charge in [0.2, 0.25) is 0 Å². The molecule has 1 aliphatic heterocycles. The van der Waals surface area contributed by atoms with Gasteiger partial charge in [0.05, 0.1) is 15.5 Å². The molecule has 152 valence electrons. The molecule has 29 heavy (non-hydrogen) atoms. The van der Waals surface area contributed by atoms with Gasteiger partial charge in [-0.1, -0.05) is 36.4 Å². The molecule has 2 aromatic carbocycles. The zero-order valence-electron chi connectivity index (χ0n) is 15.6. The van der Waals surface area contributed by atoms with E-state index in [1.54, 1.807) is 54.9 Å². The highest BCUT2D eigenvalue weighted by Crippen LogP contribution is 2.62. The molecule has 2 heterocycles. The summed E-state index contributed by atoms with van der Waals surface area (Å²) in [6.45, 7) is 0.984. The topological polar surface area (TPSA) is 99.5 Å². The Hall–Kier alpha value is -2.23. The van der Waals surface area contributed by atoms with Crippen molar-refractivity contribution in [1.29, 1.82) is 0 Å². The van der Waals surface area contributed by atoms with Crippen LogP contribution in [0.1, 0.15) is 21.9 Å². The maximum Gasteiger partial charge on any atom is 0.187 e. The van der Waals surface area contributed by atoms with Crippen LogP contribution in [-0.4, -0.2) is 28.3 Å². The standard InChI is InChI=1S/C21H22N2O4S2/c24-28(25)15-20(29(26,27)18-8-2-1-3-9-18)21-17(7-4-10-19(21)28)14-23-13-16-6-5-11-22-12-16/h1-12,20,23-25H,13-15H2. The molecule has 0 spiro atoms. The third kappa shape index (κ3) is 3.94. The van der Waals surface area contributed by atoms with Crippen molar-refractivity contribution in [3.8, 4) is 0 Å². The molecule has 0 aliphatic carbocycles. The molecule has 0 bridgehead atoms. The Morgan fingerprint density at radius 1 is 1.00 bits per heavy atom. The van der Waals surface area contributed by atoms with E-state index in [-0.39, 0.29) is 10.6 Å². The molecule has 1 aromatic heterocycles. The van der Waals surface area contributed by atoms with Gasteiger partial charge in [-0.2, -0.15) is 10.6 Å². The molecule has 4 rings (SSSR count).